The number of para-hydroxylation sites is 2. The molecule has 0 bridgehead atoms. The molecule has 2 aromatic heterocycles. The largest absolute Gasteiger partial charge is 0.684 e. The van der Waals surface area contributed by atoms with Gasteiger partial charge in [-0.1, -0.05) is 60.3 Å². The summed E-state index contributed by atoms with van der Waals surface area (Å²) < 4.78 is 0. The molecule has 3 aromatic carbocycles. The zero-order chi connectivity index (χ0) is 18.6. The number of phenolic OH excluding ortho intramolecular Hbond substituents is 1. The fourth-order valence-corrected chi connectivity index (χ4v) is 3.14. The average Bonchev–Trinajstić information content (AvgIpc) is 2.74. The first-order valence-corrected chi connectivity index (χ1v) is 8.67. The van der Waals surface area contributed by atoms with Gasteiger partial charge in [0.15, 0.2) is 0 Å². The van der Waals surface area contributed by atoms with E-state index in [0.29, 0.717) is 5.69 Å². The number of pyridine rings is 2. The van der Waals surface area contributed by atoms with E-state index in [4.69, 9.17) is 5.11 Å². The van der Waals surface area contributed by atoms with Gasteiger partial charge < -0.3 is 10.4 Å². The van der Waals surface area contributed by atoms with Gasteiger partial charge in [0.1, 0.15) is 5.75 Å². The molecule has 28 heavy (non-hydrogen) atoms. The van der Waals surface area contributed by atoms with Crippen LogP contribution in [0.3, 0.4) is 0 Å². The molecule has 0 unspecified atom stereocenters. The Bertz CT molecular complexity index is 1170. The van der Waals surface area contributed by atoms with Crippen LogP contribution in [-0.2, 0) is 21.1 Å². The van der Waals surface area contributed by atoms with E-state index in [1.165, 1.54) is 5.39 Å². The molecule has 0 fully saturated rings. The van der Waals surface area contributed by atoms with Crippen molar-refractivity contribution in [3.05, 3.63) is 90.5 Å². The van der Waals surface area contributed by atoms with Crippen LogP contribution in [0.2, 0.25) is 0 Å². The van der Waals surface area contributed by atoms with Crippen LogP contribution >= 0.6 is 0 Å². The summed E-state index contributed by atoms with van der Waals surface area (Å²) in [5, 5.41) is 17.5. The molecule has 1 N–H and O–H groups in total. The summed E-state index contributed by atoms with van der Waals surface area (Å²) in [6.07, 6.45) is 3.67. The predicted molar refractivity (Wildman–Crippen MR) is 112 cm³/mol. The molecule has 4 nitrogen and oxygen atoms in total. The maximum absolute atomic E-state index is 9.02. The fraction of sp³-hybridized carbons (Fsp3) is 0.0435. The van der Waals surface area contributed by atoms with Crippen molar-refractivity contribution in [2.75, 3.05) is 7.05 Å². The van der Waals surface area contributed by atoms with Crippen LogP contribution in [-0.4, -0.2) is 22.1 Å². The molecule has 0 saturated heterocycles. The topological polar surface area (TPSA) is 60.1 Å². The zero-order valence-corrected chi connectivity index (χ0v) is 17.5. The molecule has 5 heteroatoms. The van der Waals surface area contributed by atoms with E-state index in [1.54, 1.807) is 25.2 Å². The van der Waals surface area contributed by atoms with E-state index in [1.807, 2.05) is 30.6 Å². The van der Waals surface area contributed by atoms with Crippen molar-refractivity contribution in [3.63, 3.8) is 0 Å². The fourth-order valence-electron chi connectivity index (χ4n) is 3.14. The number of benzene rings is 3. The molecule has 0 aliphatic carbocycles. The minimum atomic E-state index is 0. The Morgan fingerprint density at radius 1 is 0.679 bits per heavy atom. The summed E-state index contributed by atoms with van der Waals surface area (Å²) in [6, 6.07) is 23.6. The third-order valence-corrected chi connectivity index (χ3v) is 4.45. The van der Waals surface area contributed by atoms with Gasteiger partial charge in [0.05, 0.1) is 11.0 Å². The number of phenols is 1. The van der Waals surface area contributed by atoms with Gasteiger partial charge in [-0.25, -0.2) is 0 Å². The Morgan fingerprint density at radius 3 is 1.71 bits per heavy atom. The summed E-state index contributed by atoms with van der Waals surface area (Å²) in [6.45, 7) is 0. The molecule has 0 atom stereocenters. The molecule has 0 amide bonds. The van der Waals surface area contributed by atoms with Crippen LogP contribution < -0.4 is 0 Å². The second-order valence-electron chi connectivity index (χ2n) is 6.09. The Morgan fingerprint density at radius 2 is 1.21 bits per heavy atom. The zero-order valence-electron chi connectivity index (χ0n) is 15.2. The molecule has 5 rings (SSSR count). The average molecular weight is 547 g/mol. The summed E-state index contributed by atoms with van der Waals surface area (Å²) in [7, 11) is 1.65. The van der Waals surface area contributed by atoms with E-state index in [2.05, 4.69) is 51.7 Å². The molecule has 0 aliphatic rings. The van der Waals surface area contributed by atoms with Crippen LogP contribution in [0.5, 0.6) is 5.75 Å². The second-order valence-corrected chi connectivity index (χ2v) is 6.09. The van der Waals surface area contributed by atoms with E-state index < -0.39 is 0 Å². The number of hydrogen-bond donors (Lipinski definition) is 1. The molecule has 142 valence electrons. The van der Waals surface area contributed by atoms with Crippen molar-refractivity contribution in [2.24, 2.45) is 0 Å². The van der Waals surface area contributed by atoms with Crippen LogP contribution in [0.1, 0.15) is 0 Å². The maximum Gasteiger partial charge on any atom is 0.100 e. The minimum absolute atomic E-state index is 0. The van der Waals surface area contributed by atoms with Crippen LogP contribution in [0.15, 0.2) is 85.2 Å². The molecular weight excluding hydrogens is 529 g/mol. The first kappa shape index (κ1) is 19.8. The monoisotopic (exact) mass is 547 g/mol. The summed E-state index contributed by atoms with van der Waals surface area (Å²) in [5.74, 6) is 0.236. The van der Waals surface area contributed by atoms with Gasteiger partial charge in [0.25, 0.3) is 0 Å². The van der Waals surface area contributed by atoms with Crippen molar-refractivity contribution >= 4 is 38.3 Å². The van der Waals surface area contributed by atoms with Crippen LogP contribution in [0.4, 0.5) is 5.69 Å². The van der Waals surface area contributed by atoms with E-state index in [-0.39, 0.29) is 26.8 Å². The van der Waals surface area contributed by atoms with Crippen LogP contribution in [0, 0.1) is 0 Å². The maximum atomic E-state index is 9.02. The Kier molecular flexibility index (Phi) is 6.22. The van der Waals surface area contributed by atoms with Crippen molar-refractivity contribution in [1.29, 1.82) is 0 Å². The first-order chi connectivity index (χ1) is 13.3. The van der Waals surface area contributed by atoms with Gasteiger partial charge in [-0.2, -0.15) is 0 Å². The number of nitrogens with zero attached hydrogens (tertiary/aromatic N) is 3. The number of fused-ring (bicyclic) bond motifs is 5. The van der Waals surface area contributed by atoms with E-state index >= 15 is 0 Å². The Balaban J connectivity index is 0.000000193. The van der Waals surface area contributed by atoms with Crippen LogP contribution in [0.25, 0.3) is 37.9 Å². The van der Waals surface area contributed by atoms with Crippen molar-refractivity contribution in [2.45, 2.75) is 0 Å². The summed E-state index contributed by atoms with van der Waals surface area (Å²) in [5.41, 5.74) is 2.69. The third kappa shape index (κ3) is 3.83. The second kappa shape index (κ2) is 8.81. The normalized spacial score (nSPS) is 10.2. The van der Waals surface area contributed by atoms with E-state index in [0.717, 1.165) is 27.2 Å². The number of rotatable bonds is 1. The SMILES string of the molecule is C[N-]c1ccccc1O.[Pt].c1cnc2c(c1)ccc1ccc3cccnc3c12. The molecule has 0 saturated carbocycles. The van der Waals surface area contributed by atoms with Gasteiger partial charge in [-0.05, 0) is 23.6 Å². The quantitative estimate of drug-likeness (QED) is 0.264. The minimum Gasteiger partial charge on any atom is -0.684 e. The smallest absolute Gasteiger partial charge is 0.100 e. The number of hydrogen-bond acceptors (Lipinski definition) is 3. The van der Waals surface area contributed by atoms with Crippen molar-refractivity contribution < 1.29 is 26.2 Å². The summed E-state index contributed by atoms with van der Waals surface area (Å²) in [4.78, 5) is 9.04. The summed E-state index contributed by atoms with van der Waals surface area (Å²) >= 11 is 0. The molecule has 0 spiro atoms. The number of aromatic nitrogens is 2. The molecule has 5 aromatic rings. The molecular formula is C23H18N3OPt-. The Labute approximate surface area is 177 Å². The van der Waals surface area contributed by atoms with Crippen molar-refractivity contribution in [1.82, 2.24) is 9.97 Å². The van der Waals surface area contributed by atoms with Crippen molar-refractivity contribution in [3.8, 4) is 5.75 Å². The number of aromatic hydroxyl groups is 1. The van der Waals surface area contributed by atoms with Gasteiger partial charge in [0.2, 0.25) is 0 Å². The van der Waals surface area contributed by atoms with Gasteiger partial charge in [-0.3, -0.25) is 9.97 Å². The van der Waals surface area contributed by atoms with Gasteiger partial charge >= 0.3 is 0 Å². The third-order valence-electron chi connectivity index (χ3n) is 4.45. The standard InChI is InChI=1S/C16H10N2.C7H8NO.Pt/c1-3-12-7-5-11-6-8-13-4-2-10-18-16(13)14(11)15(12)17-9-1;1-8-6-4-2-3-5-7(6)9;/h1-10H;2-5,9H,1H3;/q;-1;. The van der Waals surface area contributed by atoms with Gasteiger partial charge in [-0.15, -0.1) is 7.05 Å². The molecule has 0 radical (unpaired) electrons. The predicted octanol–water partition coefficient (Wildman–Crippen LogP) is 5.96. The van der Waals surface area contributed by atoms with Gasteiger partial charge in [0, 0.05) is 49.6 Å². The van der Waals surface area contributed by atoms with E-state index in [9.17, 15) is 0 Å². The molecule has 2 heterocycles. The Hall–Kier alpha value is -2.97. The first-order valence-electron chi connectivity index (χ1n) is 8.67. The molecule has 0 aliphatic heterocycles.